The number of alkyl carbamates (subject to hydrolysis) is 2. The Kier molecular flexibility index (Phi) is 12.5. The smallest absolute Gasteiger partial charge is 0.407 e. The van der Waals surface area contributed by atoms with Gasteiger partial charge in [-0.15, -0.1) is 0 Å². The maximum absolute atomic E-state index is 13.7. The zero-order chi connectivity index (χ0) is 44.5. The van der Waals surface area contributed by atoms with Gasteiger partial charge in [-0.2, -0.15) is 0 Å². The predicted octanol–water partition coefficient (Wildman–Crippen LogP) is 7.10. The third kappa shape index (κ3) is 8.85. The first-order valence-corrected chi connectivity index (χ1v) is 22.1. The normalized spacial score (nSPS) is 18.7. The lowest BCUT2D eigenvalue weighted by molar-refractivity contribution is -0.136. The van der Waals surface area contributed by atoms with E-state index in [1.54, 1.807) is 17.3 Å². The Morgan fingerprint density at radius 2 is 1.51 bits per heavy atom. The van der Waals surface area contributed by atoms with Crippen LogP contribution >= 0.6 is 0 Å². The van der Waals surface area contributed by atoms with Crippen LogP contribution in [-0.2, 0) is 25.6 Å². The Bertz CT molecular complexity index is 2400. The van der Waals surface area contributed by atoms with Crippen molar-refractivity contribution in [2.24, 2.45) is 17.8 Å². The van der Waals surface area contributed by atoms with Gasteiger partial charge in [-0.1, -0.05) is 58.9 Å². The maximum atomic E-state index is 13.7. The number of fused-ring (bicyclic) bond motifs is 4. The summed E-state index contributed by atoms with van der Waals surface area (Å²) < 4.78 is 23.0. The first-order chi connectivity index (χ1) is 30.4. The fraction of sp³-hybridized carbons (Fsp3) is 0.489. The molecule has 4 aliphatic rings. The molecule has 0 bridgehead atoms. The highest BCUT2D eigenvalue weighted by molar-refractivity contribution is 6.00. The number of benzene rings is 2. The molecule has 63 heavy (non-hydrogen) atoms. The third-order valence-corrected chi connectivity index (χ3v) is 12.5. The SMILES string of the molecule is CCCN(Cc1ncc(-c2ccc3c(c2)OC(C2CC2)C2=C3COc3cc(-c4cnc([C@@H]5CCCN5C(=O)[C@@H](NC(=O)OC)C(C)C)[nH]4)ccc32)[nH]1)C(=O)[C@@H](NC(=O)OC)C(C)C. The molecule has 16 heteroatoms. The zero-order valence-corrected chi connectivity index (χ0v) is 37.1. The number of likely N-dealkylation sites (tertiary alicyclic amines) is 1. The molecule has 4 atom stereocenters. The number of methoxy groups -OCH3 is 2. The van der Waals surface area contributed by atoms with Crippen LogP contribution in [0.3, 0.4) is 0 Å². The van der Waals surface area contributed by atoms with E-state index < -0.39 is 24.3 Å². The van der Waals surface area contributed by atoms with Crippen molar-refractivity contribution in [2.45, 2.75) is 97.5 Å². The summed E-state index contributed by atoms with van der Waals surface area (Å²) in [5.74, 6) is 2.71. The standard InChI is InChI=1S/C47H58N8O8/c1-8-17-54(44(56)40(25(2)3)52-46(58)60-6)23-38-48-21-33(50-38)29-13-15-30-32-24-62-36-19-28(14-16-31(36)39(32)42(27-11-12-27)63-37(30)20-29)34-22-49-43(51-34)35-10-9-18-55(35)45(57)41(26(4)5)53-47(59)61-7/h13-16,19-22,25-27,35,40-42H,8-12,17-18,23-24H2,1-7H3,(H,48,50)(H,49,51)(H,52,58)(H,53,59)/t35-,40-,41-,42?/m0/s1. The molecule has 1 saturated carbocycles. The first-order valence-electron chi connectivity index (χ1n) is 22.1. The molecule has 4 N–H and O–H groups in total. The van der Waals surface area contributed by atoms with E-state index in [0.29, 0.717) is 37.3 Å². The molecular weight excluding hydrogens is 805 g/mol. The number of imidazole rings is 2. The molecule has 2 aromatic heterocycles. The van der Waals surface area contributed by atoms with E-state index in [2.05, 4.69) is 62.0 Å². The number of amides is 4. The number of aromatic amines is 2. The molecule has 4 aromatic rings. The van der Waals surface area contributed by atoms with Crippen LogP contribution in [0.1, 0.15) is 95.5 Å². The van der Waals surface area contributed by atoms with Gasteiger partial charge in [0, 0.05) is 52.4 Å². The Hall–Kier alpha value is -6.32. The second-order valence-electron chi connectivity index (χ2n) is 17.6. The Balaban J connectivity index is 1.01. The van der Waals surface area contributed by atoms with Gasteiger partial charge in [0.2, 0.25) is 11.8 Å². The van der Waals surface area contributed by atoms with Crippen LogP contribution in [0.2, 0.25) is 0 Å². The quantitative estimate of drug-likeness (QED) is 0.102. The summed E-state index contributed by atoms with van der Waals surface area (Å²) in [6.07, 6.45) is 6.70. The second kappa shape index (κ2) is 18.2. The minimum Gasteiger partial charge on any atom is -0.488 e. The van der Waals surface area contributed by atoms with Gasteiger partial charge in [0.1, 0.15) is 47.9 Å². The molecule has 0 spiro atoms. The highest BCUT2D eigenvalue weighted by atomic mass is 16.5. The molecule has 2 fully saturated rings. The lowest BCUT2D eigenvalue weighted by Crippen LogP contribution is -2.51. The summed E-state index contributed by atoms with van der Waals surface area (Å²) in [7, 11) is 2.57. The van der Waals surface area contributed by atoms with Crippen LogP contribution in [0.5, 0.6) is 11.5 Å². The van der Waals surface area contributed by atoms with E-state index in [0.717, 1.165) is 82.8 Å². The van der Waals surface area contributed by atoms with Crippen LogP contribution < -0.4 is 20.1 Å². The van der Waals surface area contributed by atoms with Crippen molar-refractivity contribution in [3.8, 4) is 34.0 Å². The Morgan fingerprint density at radius 1 is 0.857 bits per heavy atom. The molecule has 8 rings (SSSR count). The lowest BCUT2D eigenvalue weighted by Gasteiger charge is -2.35. The fourth-order valence-electron chi connectivity index (χ4n) is 8.98. The summed E-state index contributed by atoms with van der Waals surface area (Å²) in [6.45, 7) is 11.3. The molecule has 334 valence electrons. The second-order valence-corrected chi connectivity index (χ2v) is 17.6. The Morgan fingerprint density at radius 3 is 2.17 bits per heavy atom. The van der Waals surface area contributed by atoms with Crippen molar-refractivity contribution in [3.63, 3.8) is 0 Å². The summed E-state index contributed by atoms with van der Waals surface area (Å²) in [4.78, 5) is 71.2. The number of rotatable bonds is 14. The van der Waals surface area contributed by atoms with Gasteiger partial charge in [0.05, 0.1) is 50.6 Å². The number of nitrogens with one attached hydrogen (secondary N) is 4. The van der Waals surface area contributed by atoms with E-state index >= 15 is 0 Å². The molecule has 5 heterocycles. The molecule has 16 nitrogen and oxygen atoms in total. The van der Waals surface area contributed by atoms with Crippen LogP contribution in [0, 0.1) is 17.8 Å². The fourth-order valence-corrected chi connectivity index (χ4v) is 8.98. The highest BCUT2D eigenvalue weighted by Crippen LogP contribution is 2.52. The number of H-pyrrole nitrogens is 2. The predicted molar refractivity (Wildman–Crippen MR) is 235 cm³/mol. The van der Waals surface area contributed by atoms with Gasteiger partial charge in [0.15, 0.2) is 0 Å². The van der Waals surface area contributed by atoms with Crippen molar-refractivity contribution < 1.29 is 38.1 Å². The maximum Gasteiger partial charge on any atom is 0.407 e. The van der Waals surface area contributed by atoms with Crippen LogP contribution in [0.4, 0.5) is 9.59 Å². The average molecular weight is 863 g/mol. The van der Waals surface area contributed by atoms with Crippen LogP contribution in [-0.4, -0.2) is 106 Å². The van der Waals surface area contributed by atoms with Gasteiger partial charge in [-0.05, 0) is 56.1 Å². The number of carbonyl (C=O) groups is 4. The molecule has 1 aliphatic carbocycles. The molecule has 2 aromatic carbocycles. The summed E-state index contributed by atoms with van der Waals surface area (Å²) in [5, 5.41) is 5.40. The minimum absolute atomic E-state index is 0.121. The van der Waals surface area contributed by atoms with Crippen molar-refractivity contribution in [1.82, 2.24) is 40.4 Å². The number of aromatic nitrogens is 4. The van der Waals surface area contributed by atoms with Crippen LogP contribution in [0.15, 0.2) is 48.8 Å². The molecule has 4 amide bonds. The molecular formula is C47H58N8O8. The summed E-state index contributed by atoms with van der Waals surface area (Å²) in [6, 6.07) is 10.8. The summed E-state index contributed by atoms with van der Waals surface area (Å²) >= 11 is 0. The minimum atomic E-state index is -0.728. The molecule has 3 aliphatic heterocycles. The Labute approximate surface area is 367 Å². The van der Waals surface area contributed by atoms with Crippen molar-refractivity contribution >= 4 is 35.1 Å². The number of hydrogen-bond donors (Lipinski definition) is 4. The lowest BCUT2D eigenvalue weighted by atomic mass is 9.84. The van der Waals surface area contributed by atoms with Crippen molar-refractivity contribution in [2.75, 3.05) is 33.9 Å². The molecule has 1 unspecified atom stereocenters. The van der Waals surface area contributed by atoms with Crippen LogP contribution in [0.25, 0.3) is 33.7 Å². The van der Waals surface area contributed by atoms with Crippen molar-refractivity contribution in [1.29, 1.82) is 0 Å². The van der Waals surface area contributed by atoms with Gasteiger partial charge in [-0.25, -0.2) is 19.6 Å². The first kappa shape index (κ1) is 43.3. The topological polar surface area (TPSA) is 193 Å². The molecule has 0 radical (unpaired) electrons. The monoisotopic (exact) mass is 862 g/mol. The summed E-state index contributed by atoms with van der Waals surface area (Å²) in [5.41, 5.74) is 7.76. The number of nitrogens with zero attached hydrogens (tertiary/aromatic N) is 4. The highest BCUT2D eigenvalue weighted by Gasteiger charge is 2.43. The number of carbonyl (C=O) groups excluding carboxylic acids is 4. The zero-order valence-electron chi connectivity index (χ0n) is 37.1. The average Bonchev–Trinajstić information content (AvgIpc) is 3.59. The van der Waals surface area contributed by atoms with Crippen molar-refractivity contribution in [3.05, 3.63) is 71.6 Å². The van der Waals surface area contributed by atoms with Gasteiger partial charge < -0.3 is 49.3 Å². The van der Waals surface area contributed by atoms with E-state index in [1.165, 1.54) is 19.8 Å². The van der Waals surface area contributed by atoms with E-state index in [-0.39, 0.29) is 42.3 Å². The van der Waals surface area contributed by atoms with Gasteiger partial charge >= 0.3 is 12.2 Å². The molecule has 1 saturated heterocycles. The number of ether oxygens (including phenoxy) is 4. The van der Waals surface area contributed by atoms with E-state index in [9.17, 15) is 19.2 Å². The van der Waals surface area contributed by atoms with E-state index in [4.69, 9.17) is 23.9 Å². The van der Waals surface area contributed by atoms with Gasteiger partial charge in [0.25, 0.3) is 0 Å². The van der Waals surface area contributed by atoms with E-state index in [1.807, 2.05) is 39.5 Å². The largest absolute Gasteiger partial charge is 0.488 e. The third-order valence-electron chi connectivity index (χ3n) is 12.5. The number of hydrogen-bond acceptors (Lipinski definition) is 10. The van der Waals surface area contributed by atoms with Gasteiger partial charge in [-0.3, -0.25) is 9.59 Å².